The van der Waals surface area contributed by atoms with Gasteiger partial charge >= 0.3 is 12.3 Å². The van der Waals surface area contributed by atoms with Gasteiger partial charge in [-0.25, -0.2) is 14.8 Å². The molecule has 31 heavy (non-hydrogen) atoms. The largest absolute Gasteiger partial charge is 0.573 e. The van der Waals surface area contributed by atoms with Crippen LogP contribution in [0, 0.1) is 0 Å². The number of hydrogen-bond acceptors (Lipinski definition) is 8. The maximum Gasteiger partial charge on any atom is 0.573 e. The Labute approximate surface area is 175 Å². The van der Waals surface area contributed by atoms with Crippen LogP contribution in [0.2, 0.25) is 0 Å². The highest BCUT2D eigenvalue weighted by atomic mass is 19.4. The van der Waals surface area contributed by atoms with Gasteiger partial charge in [-0.15, -0.1) is 13.2 Å². The van der Waals surface area contributed by atoms with Crippen molar-refractivity contribution in [3.63, 3.8) is 0 Å². The predicted octanol–water partition coefficient (Wildman–Crippen LogP) is 4.62. The number of anilines is 5. The van der Waals surface area contributed by atoms with E-state index >= 15 is 0 Å². The first-order valence-corrected chi connectivity index (χ1v) is 9.02. The lowest BCUT2D eigenvalue weighted by atomic mass is 10.2. The molecule has 0 aliphatic heterocycles. The van der Waals surface area contributed by atoms with E-state index in [1.165, 1.54) is 18.5 Å². The minimum Gasteiger partial charge on any atom is -0.462 e. The van der Waals surface area contributed by atoms with Crippen molar-refractivity contribution in [3.05, 3.63) is 60.4 Å². The highest BCUT2D eigenvalue weighted by Crippen LogP contribution is 2.30. The van der Waals surface area contributed by atoms with Gasteiger partial charge in [0.2, 0.25) is 0 Å². The number of halogens is 3. The normalized spacial score (nSPS) is 11.0. The second kappa shape index (κ2) is 9.20. The van der Waals surface area contributed by atoms with Gasteiger partial charge in [0, 0.05) is 11.4 Å². The molecule has 0 fully saturated rings. The van der Waals surface area contributed by atoms with E-state index in [-0.39, 0.29) is 29.7 Å². The van der Waals surface area contributed by atoms with Crippen molar-refractivity contribution in [1.29, 1.82) is 0 Å². The van der Waals surface area contributed by atoms with Gasteiger partial charge in [-0.2, -0.15) is 0 Å². The highest BCUT2D eigenvalue weighted by Gasteiger charge is 2.30. The standard InChI is InChI=1S/C20H18F3N5O3/c1-2-30-19(29)12-4-3-5-14(10-12)28-18-16(24)17(25-11-26-18)27-13-6-8-15(9-7-13)31-20(21,22)23/h3-11H,2,24H2,1H3,(H2,25,26,27,28). The van der Waals surface area contributed by atoms with E-state index in [4.69, 9.17) is 10.5 Å². The maximum atomic E-state index is 12.3. The zero-order valence-electron chi connectivity index (χ0n) is 16.2. The second-order valence-corrected chi connectivity index (χ2v) is 6.11. The third kappa shape index (κ3) is 5.98. The Morgan fingerprint density at radius 1 is 1.03 bits per heavy atom. The van der Waals surface area contributed by atoms with Gasteiger partial charge in [0.15, 0.2) is 11.6 Å². The number of nitrogens with two attached hydrogens (primary N) is 1. The number of alkyl halides is 3. The SMILES string of the molecule is CCOC(=O)c1cccc(Nc2ncnc(Nc3ccc(OC(F)(F)F)cc3)c2N)c1. The van der Waals surface area contributed by atoms with Gasteiger partial charge in [0.05, 0.1) is 12.2 Å². The highest BCUT2D eigenvalue weighted by molar-refractivity contribution is 5.91. The molecule has 0 spiro atoms. The Bertz CT molecular complexity index is 1060. The molecule has 4 N–H and O–H groups in total. The van der Waals surface area contributed by atoms with Gasteiger partial charge in [0.25, 0.3) is 0 Å². The summed E-state index contributed by atoms with van der Waals surface area (Å²) in [5.74, 6) is -0.293. The van der Waals surface area contributed by atoms with Gasteiger partial charge in [-0.1, -0.05) is 6.07 Å². The number of benzene rings is 2. The van der Waals surface area contributed by atoms with Crippen LogP contribution < -0.4 is 21.1 Å². The number of nitrogens with zero attached hydrogens (tertiary/aromatic N) is 2. The molecular weight excluding hydrogens is 415 g/mol. The van der Waals surface area contributed by atoms with Gasteiger partial charge < -0.3 is 25.8 Å². The maximum absolute atomic E-state index is 12.3. The molecule has 0 radical (unpaired) electrons. The summed E-state index contributed by atoms with van der Waals surface area (Å²) in [6.45, 7) is 1.97. The van der Waals surface area contributed by atoms with Crippen molar-refractivity contribution in [2.45, 2.75) is 13.3 Å². The minimum absolute atomic E-state index is 0.166. The summed E-state index contributed by atoms with van der Waals surface area (Å²) in [4.78, 5) is 20.0. The van der Waals surface area contributed by atoms with Crippen molar-refractivity contribution in [3.8, 4) is 5.75 Å². The first-order chi connectivity index (χ1) is 14.7. The van der Waals surface area contributed by atoms with Gasteiger partial charge in [-0.05, 0) is 49.4 Å². The minimum atomic E-state index is -4.77. The topological polar surface area (TPSA) is 111 Å². The second-order valence-electron chi connectivity index (χ2n) is 6.11. The van der Waals surface area contributed by atoms with Gasteiger partial charge in [-0.3, -0.25) is 0 Å². The molecule has 162 valence electrons. The summed E-state index contributed by atoms with van der Waals surface area (Å²) in [6.07, 6.45) is -3.51. The van der Waals surface area contributed by atoms with E-state index in [1.54, 1.807) is 31.2 Å². The fourth-order valence-electron chi connectivity index (χ4n) is 2.55. The number of carbonyl (C=O) groups excluding carboxylic acids is 1. The molecule has 0 saturated heterocycles. The summed E-state index contributed by atoms with van der Waals surface area (Å²) in [7, 11) is 0. The number of hydrogen-bond donors (Lipinski definition) is 3. The summed E-state index contributed by atoms with van der Waals surface area (Å²) in [5.41, 5.74) is 7.64. The molecule has 0 saturated carbocycles. The lowest BCUT2D eigenvalue weighted by molar-refractivity contribution is -0.274. The van der Waals surface area contributed by atoms with E-state index < -0.39 is 12.3 Å². The molecule has 0 aliphatic carbocycles. The summed E-state index contributed by atoms with van der Waals surface area (Å²) in [5, 5.41) is 5.91. The lowest BCUT2D eigenvalue weighted by Crippen LogP contribution is -2.17. The van der Waals surface area contributed by atoms with Crippen molar-refractivity contribution in [2.75, 3.05) is 23.0 Å². The van der Waals surface area contributed by atoms with Crippen LogP contribution >= 0.6 is 0 Å². The van der Waals surface area contributed by atoms with Crippen molar-refractivity contribution < 1.29 is 27.4 Å². The van der Waals surface area contributed by atoms with E-state index in [0.717, 1.165) is 12.1 Å². The molecule has 0 aliphatic rings. The molecular formula is C20H18F3N5O3. The number of carbonyl (C=O) groups is 1. The smallest absolute Gasteiger partial charge is 0.462 e. The van der Waals surface area contributed by atoms with Crippen LogP contribution in [0.25, 0.3) is 0 Å². The summed E-state index contributed by atoms with van der Waals surface area (Å²) >= 11 is 0. The van der Waals surface area contributed by atoms with Crippen LogP contribution in [-0.2, 0) is 4.74 Å². The summed E-state index contributed by atoms with van der Waals surface area (Å²) < 4.78 is 45.6. The number of esters is 1. The zero-order chi connectivity index (χ0) is 22.4. The van der Waals surface area contributed by atoms with E-state index in [1.807, 2.05) is 0 Å². The Hall–Kier alpha value is -4.02. The van der Waals surface area contributed by atoms with E-state index in [0.29, 0.717) is 16.9 Å². The Morgan fingerprint density at radius 2 is 1.68 bits per heavy atom. The van der Waals surface area contributed by atoms with Crippen molar-refractivity contribution >= 4 is 34.7 Å². The Balaban J connectivity index is 1.75. The first-order valence-electron chi connectivity index (χ1n) is 9.02. The van der Waals surface area contributed by atoms with Crippen LogP contribution in [0.5, 0.6) is 5.75 Å². The van der Waals surface area contributed by atoms with E-state index in [2.05, 4.69) is 25.3 Å². The third-order valence-corrected chi connectivity index (χ3v) is 3.87. The average molecular weight is 433 g/mol. The molecule has 1 heterocycles. The quantitative estimate of drug-likeness (QED) is 0.463. The first kappa shape index (κ1) is 21.7. The average Bonchev–Trinajstić information content (AvgIpc) is 2.72. The molecule has 0 atom stereocenters. The fraction of sp³-hybridized carbons (Fsp3) is 0.150. The molecule has 0 bridgehead atoms. The van der Waals surface area contributed by atoms with Crippen molar-refractivity contribution in [2.24, 2.45) is 0 Å². The van der Waals surface area contributed by atoms with Crippen molar-refractivity contribution in [1.82, 2.24) is 9.97 Å². The van der Waals surface area contributed by atoms with Crippen LogP contribution in [0.4, 0.5) is 41.9 Å². The molecule has 3 rings (SSSR count). The fourth-order valence-corrected chi connectivity index (χ4v) is 2.55. The molecule has 0 amide bonds. The molecule has 11 heteroatoms. The number of ether oxygens (including phenoxy) is 2. The predicted molar refractivity (Wildman–Crippen MR) is 109 cm³/mol. The molecule has 8 nitrogen and oxygen atoms in total. The Morgan fingerprint density at radius 3 is 2.29 bits per heavy atom. The van der Waals surface area contributed by atoms with Crippen LogP contribution in [0.15, 0.2) is 54.9 Å². The molecule has 1 aromatic heterocycles. The number of nitrogen functional groups attached to an aromatic ring is 1. The number of aromatic nitrogens is 2. The van der Waals surface area contributed by atoms with Crippen LogP contribution in [0.1, 0.15) is 17.3 Å². The monoisotopic (exact) mass is 433 g/mol. The van der Waals surface area contributed by atoms with E-state index in [9.17, 15) is 18.0 Å². The molecule has 2 aromatic carbocycles. The summed E-state index contributed by atoms with van der Waals surface area (Å²) in [6, 6.07) is 11.7. The molecule has 3 aromatic rings. The third-order valence-electron chi connectivity index (χ3n) is 3.87. The zero-order valence-corrected chi connectivity index (χ0v) is 16.2. The van der Waals surface area contributed by atoms with Gasteiger partial charge in [0.1, 0.15) is 17.8 Å². The lowest BCUT2D eigenvalue weighted by Gasteiger charge is -2.14. The van der Waals surface area contributed by atoms with Crippen LogP contribution in [-0.4, -0.2) is 28.9 Å². The number of rotatable bonds is 7. The van der Waals surface area contributed by atoms with Crippen LogP contribution in [0.3, 0.4) is 0 Å². The number of nitrogens with one attached hydrogen (secondary N) is 2. The molecule has 0 unspecified atom stereocenters. The Kier molecular flexibility index (Phi) is 6.43.